The van der Waals surface area contributed by atoms with Crippen LogP contribution in [0.5, 0.6) is 0 Å². The van der Waals surface area contributed by atoms with E-state index in [0.717, 1.165) is 0 Å². The van der Waals surface area contributed by atoms with Gasteiger partial charge in [-0.15, -0.1) is 0 Å². The number of nitrogens with one attached hydrogen (secondary N) is 2. The fourth-order valence-electron chi connectivity index (χ4n) is 1.17. The van der Waals surface area contributed by atoms with E-state index in [1.54, 1.807) is 32.9 Å². The van der Waals surface area contributed by atoms with Crippen LogP contribution in [0.4, 0.5) is 4.79 Å². The average molecular weight is 281 g/mol. The van der Waals surface area contributed by atoms with Crippen molar-refractivity contribution in [1.29, 1.82) is 0 Å². The first-order chi connectivity index (χ1) is 9.28. The van der Waals surface area contributed by atoms with E-state index in [-0.39, 0.29) is 0 Å². The van der Waals surface area contributed by atoms with Gasteiger partial charge in [-0.25, -0.2) is 10.2 Å². The fraction of sp³-hybridized carbons (Fsp3) is 0.462. The van der Waals surface area contributed by atoms with E-state index in [1.165, 1.54) is 19.4 Å². The molecule has 0 aliphatic rings. The maximum absolute atomic E-state index is 11.6. The van der Waals surface area contributed by atoms with Gasteiger partial charge in [0.15, 0.2) is 0 Å². The van der Waals surface area contributed by atoms with Gasteiger partial charge in [-0.3, -0.25) is 4.79 Å². The highest BCUT2D eigenvalue weighted by Gasteiger charge is 2.20. The molecule has 110 valence electrons. The van der Waals surface area contributed by atoms with Crippen molar-refractivity contribution >= 4 is 18.2 Å². The number of nitrogens with zero attached hydrogens (tertiary/aromatic N) is 1. The Morgan fingerprint density at radius 1 is 1.45 bits per heavy atom. The minimum Gasteiger partial charge on any atom is -0.463 e. The van der Waals surface area contributed by atoms with Gasteiger partial charge in [-0.05, 0) is 39.8 Å². The quantitative estimate of drug-likeness (QED) is 0.648. The molecular formula is C13H19N3O4. The molecule has 2 amide bonds. The molecule has 0 spiro atoms. The van der Waals surface area contributed by atoms with Crippen LogP contribution in [0.15, 0.2) is 27.9 Å². The lowest BCUT2D eigenvalue weighted by atomic mass is 10.2. The highest BCUT2D eigenvalue weighted by Crippen LogP contribution is 2.06. The third-order valence-corrected chi connectivity index (χ3v) is 2.04. The minimum atomic E-state index is -0.765. The van der Waals surface area contributed by atoms with Crippen LogP contribution in [0.3, 0.4) is 0 Å². The van der Waals surface area contributed by atoms with Crippen molar-refractivity contribution in [2.75, 3.05) is 0 Å². The summed E-state index contributed by atoms with van der Waals surface area (Å²) in [6, 6.07) is 2.63. The Bertz CT molecular complexity index is 474. The third kappa shape index (κ3) is 6.03. The van der Waals surface area contributed by atoms with Crippen LogP contribution in [-0.4, -0.2) is 29.9 Å². The number of hydrogen-bond donors (Lipinski definition) is 2. The first-order valence-electron chi connectivity index (χ1n) is 6.14. The van der Waals surface area contributed by atoms with Crippen molar-refractivity contribution in [3.63, 3.8) is 0 Å². The lowest BCUT2D eigenvalue weighted by molar-refractivity contribution is -0.122. The molecular weight excluding hydrogens is 262 g/mol. The number of rotatable bonds is 4. The van der Waals surface area contributed by atoms with E-state index in [2.05, 4.69) is 15.8 Å². The molecule has 1 aromatic rings. The van der Waals surface area contributed by atoms with Crippen molar-refractivity contribution in [2.45, 2.75) is 39.3 Å². The van der Waals surface area contributed by atoms with Crippen molar-refractivity contribution in [1.82, 2.24) is 10.7 Å². The Kier molecular flexibility index (Phi) is 5.31. The standard InChI is InChI=1S/C13H19N3O4/c1-9(15-12(18)20-13(2,3)4)11(17)16-14-8-10-6-5-7-19-10/h5-9H,1-4H3,(H,15,18)(H,16,17)/b14-8+. The molecule has 0 saturated carbocycles. The number of hydrogen-bond acceptors (Lipinski definition) is 5. The summed E-state index contributed by atoms with van der Waals surface area (Å²) in [6.07, 6.45) is 2.20. The monoisotopic (exact) mass is 281 g/mol. The fourth-order valence-corrected chi connectivity index (χ4v) is 1.17. The van der Waals surface area contributed by atoms with Crippen LogP contribution in [0.1, 0.15) is 33.5 Å². The Balaban J connectivity index is 2.37. The highest BCUT2D eigenvalue weighted by atomic mass is 16.6. The number of ether oxygens (including phenoxy) is 1. The van der Waals surface area contributed by atoms with E-state index in [0.29, 0.717) is 5.76 Å². The molecule has 1 unspecified atom stereocenters. The number of carbonyl (C=O) groups excluding carboxylic acids is 2. The van der Waals surface area contributed by atoms with Crippen LogP contribution < -0.4 is 10.7 Å². The van der Waals surface area contributed by atoms with Gasteiger partial charge in [-0.1, -0.05) is 0 Å². The largest absolute Gasteiger partial charge is 0.463 e. The van der Waals surface area contributed by atoms with Crippen LogP contribution in [0.2, 0.25) is 0 Å². The van der Waals surface area contributed by atoms with Gasteiger partial charge >= 0.3 is 6.09 Å². The maximum Gasteiger partial charge on any atom is 0.408 e. The molecule has 0 saturated heterocycles. The Hall–Kier alpha value is -2.31. The number of amides is 2. The van der Waals surface area contributed by atoms with Gasteiger partial charge in [0.25, 0.3) is 5.91 Å². The SMILES string of the molecule is CC(NC(=O)OC(C)(C)C)C(=O)N/N=C/c1ccco1. The number of furan rings is 1. The number of hydrazone groups is 1. The highest BCUT2D eigenvalue weighted by molar-refractivity contribution is 5.86. The molecule has 1 heterocycles. The van der Waals surface area contributed by atoms with Crippen LogP contribution >= 0.6 is 0 Å². The van der Waals surface area contributed by atoms with Crippen LogP contribution in [0, 0.1) is 0 Å². The summed E-state index contributed by atoms with van der Waals surface area (Å²) in [7, 11) is 0. The molecule has 0 radical (unpaired) electrons. The molecule has 1 atom stereocenters. The summed E-state index contributed by atoms with van der Waals surface area (Å²) in [5.74, 6) is 0.0525. The second-order valence-electron chi connectivity index (χ2n) is 5.12. The lowest BCUT2D eigenvalue weighted by Gasteiger charge is -2.21. The zero-order valence-corrected chi connectivity index (χ0v) is 12.0. The topological polar surface area (TPSA) is 92.9 Å². The summed E-state index contributed by atoms with van der Waals surface area (Å²) in [5, 5.41) is 6.12. The first-order valence-corrected chi connectivity index (χ1v) is 6.14. The van der Waals surface area contributed by atoms with Crippen LogP contribution in [-0.2, 0) is 9.53 Å². The molecule has 0 fully saturated rings. The van der Waals surface area contributed by atoms with Crippen LogP contribution in [0.25, 0.3) is 0 Å². The van der Waals surface area contributed by atoms with Crippen molar-refractivity contribution in [3.8, 4) is 0 Å². The normalized spacial score (nSPS) is 13.0. The van der Waals surface area contributed by atoms with Gasteiger partial charge in [0.2, 0.25) is 0 Å². The Morgan fingerprint density at radius 2 is 2.15 bits per heavy atom. The first kappa shape index (κ1) is 15.7. The summed E-state index contributed by atoms with van der Waals surface area (Å²) >= 11 is 0. The van der Waals surface area contributed by atoms with Gasteiger partial charge < -0.3 is 14.5 Å². The van der Waals surface area contributed by atoms with E-state index < -0.39 is 23.6 Å². The van der Waals surface area contributed by atoms with Gasteiger partial charge in [0.05, 0.1) is 12.5 Å². The predicted octanol–water partition coefficient (Wildman–Crippen LogP) is 1.64. The molecule has 0 aliphatic heterocycles. The summed E-state index contributed by atoms with van der Waals surface area (Å²) in [4.78, 5) is 23.1. The third-order valence-electron chi connectivity index (χ3n) is 2.04. The second-order valence-corrected chi connectivity index (χ2v) is 5.12. The molecule has 0 aromatic carbocycles. The zero-order chi connectivity index (χ0) is 15.2. The molecule has 1 aromatic heterocycles. The molecule has 20 heavy (non-hydrogen) atoms. The second kappa shape index (κ2) is 6.74. The van der Waals surface area contributed by atoms with Gasteiger partial charge in [-0.2, -0.15) is 5.10 Å². The summed E-state index contributed by atoms with van der Waals surface area (Å²) < 4.78 is 10.0. The molecule has 0 bridgehead atoms. The molecule has 1 rings (SSSR count). The average Bonchev–Trinajstić information content (AvgIpc) is 2.78. The lowest BCUT2D eigenvalue weighted by Crippen LogP contribution is -2.45. The van der Waals surface area contributed by atoms with Crippen molar-refractivity contribution in [2.24, 2.45) is 5.10 Å². The van der Waals surface area contributed by atoms with Crippen molar-refractivity contribution in [3.05, 3.63) is 24.2 Å². The molecule has 0 aliphatic carbocycles. The van der Waals surface area contributed by atoms with E-state index in [9.17, 15) is 9.59 Å². The Labute approximate surface area is 117 Å². The Morgan fingerprint density at radius 3 is 2.70 bits per heavy atom. The summed E-state index contributed by atoms with van der Waals surface area (Å²) in [6.45, 7) is 6.75. The van der Waals surface area contributed by atoms with Crippen molar-refractivity contribution < 1.29 is 18.7 Å². The summed E-state index contributed by atoms with van der Waals surface area (Å²) in [5.41, 5.74) is 1.68. The molecule has 7 nitrogen and oxygen atoms in total. The molecule has 2 N–H and O–H groups in total. The maximum atomic E-state index is 11.6. The van der Waals surface area contributed by atoms with Gasteiger partial charge in [0, 0.05) is 0 Å². The number of carbonyl (C=O) groups is 2. The minimum absolute atomic E-state index is 0.460. The predicted molar refractivity (Wildman–Crippen MR) is 73.3 cm³/mol. The van der Waals surface area contributed by atoms with E-state index in [4.69, 9.17) is 9.15 Å². The van der Waals surface area contributed by atoms with E-state index in [1.807, 2.05) is 0 Å². The smallest absolute Gasteiger partial charge is 0.408 e. The number of alkyl carbamates (subject to hydrolysis) is 1. The van der Waals surface area contributed by atoms with E-state index >= 15 is 0 Å². The molecule has 7 heteroatoms. The van der Waals surface area contributed by atoms with Gasteiger partial charge in [0.1, 0.15) is 17.4 Å². The zero-order valence-electron chi connectivity index (χ0n) is 12.0.